The van der Waals surface area contributed by atoms with E-state index in [1.54, 1.807) is 0 Å². The lowest BCUT2D eigenvalue weighted by molar-refractivity contribution is 0.102. The van der Waals surface area contributed by atoms with Crippen molar-refractivity contribution in [2.75, 3.05) is 5.32 Å². The molecule has 0 spiro atoms. The first kappa shape index (κ1) is 11.2. The number of hydrogen-bond acceptors (Lipinski definition) is 4. The van der Waals surface area contributed by atoms with Crippen LogP contribution in [0.3, 0.4) is 0 Å². The highest BCUT2D eigenvalue weighted by Gasteiger charge is 2.10. The molecule has 2 aromatic rings. The molecule has 0 bridgehead atoms. The van der Waals surface area contributed by atoms with E-state index in [1.165, 1.54) is 23.7 Å². The van der Waals surface area contributed by atoms with Crippen LogP contribution in [0, 0.1) is 6.92 Å². The lowest BCUT2D eigenvalue weighted by Crippen LogP contribution is -2.13. The highest BCUT2D eigenvalue weighted by Crippen LogP contribution is 2.15. The summed E-state index contributed by atoms with van der Waals surface area (Å²) in [4.78, 5) is 19.8. The zero-order valence-electron chi connectivity index (χ0n) is 8.40. The van der Waals surface area contributed by atoms with Crippen LogP contribution in [0.4, 0.5) is 5.82 Å². The van der Waals surface area contributed by atoms with Gasteiger partial charge in [-0.05, 0) is 33.8 Å². The molecule has 1 amide bonds. The predicted octanol–water partition coefficient (Wildman–Crippen LogP) is 2.86. The molecule has 0 aromatic carbocycles. The molecule has 0 saturated carbocycles. The minimum atomic E-state index is -0.157. The highest BCUT2D eigenvalue weighted by molar-refractivity contribution is 9.10. The Bertz CT molecular complexity index is 509. The molecule has 1 N–H and O–H groups in total. The van der Waals surface area contributed by atoms with Gasteiger partial charge in [0.1, 0.15) is 4.60 Å². The van der Waals surface area contributed by atoms with Crippen molar-refractivity contribution >= 4 is 39.0 Å². The lowest BCUT2D eigenvalue weighted by atomic mass is 10.2. The van der Waals surface area contributed by atoms with Gasteiger partial charge in [0, 0.05) is 5.38 Å². The Kier molecular flexibility index (Phi) is 3.31. The van der Waals surface area contributed by atoms with E-state index >= 15 is 0 Å². The van der Waals surface area contributed by atoms with Gasteiger partial charge in [0.25, 0.3) is 5.91 Å². The molecule has 2 rings (SSSR count). The van der Waals surface area contributed by atoms with E-state index in [0.29, 0.717) is 16.0 Å². The molecular weight excluding hydrogens is 290 g/mol. The number of carbonyl (C=O) groups excluding carboxylic acids is 1. The Hall–Kier alpha value is -1.27. The summed E-state index contributed by atoms with van der Waals surface area (Å²) < 4.78 is 0.636. The first-order chi connectivity index (χ1) is 7.66. The molecule has 0 radical (unpaired) electrons. The third-order valence-electron chi connectivity index (χ3n) is 1.96. The normalized spacial score (nSPS) is 10.1. The summed E-state index contributed by atoms with van der Waals surface area (Å²) in [5.74, 6) is 0.286. The predicted molar refractivity (Wildman–Crippen MR) is 66.7 cm³/mol. The number of hydrogen-bond donors (Lipinski definition) is 1. The molecule has 82 valence electrons. The number of rotatable bonds is 2. The van der Waals surface area contributed by atoms with Crippen LogP contribution in [0.15, 0.2) is 27.8 Å². The molecule has 0 aliphatic heterocycles. The number of nitrogens with zero attached hydrogens (tertiary/aromatic N) is 2. The number of aromatic nitrogens is 2. The second-order valence-corrected chi connectivity index (χ2v) is 4.70. The molecular formula is C10H8BrN3OS. The van der Waals surface area contributed by atoms with E-state index < -0.39 is 0 Å². The summed E-state index contributed by atoms with van der Waals surface area (Å²) in [5.41, 5.74) is 1.64. The van der Waals surface area contributed by atoms with Gasteiger partial charge in [0.05, 0.1) is 18.0 Å². The smallest absolute Gasteiger partial charge is 0.257 e. The molecule has 16 heavy (non-hydrogen) atoms. The van der Waals surface area contributed by atoms with Gasteiger partial charge in [0.2, 0.25) is 0 Å². The Morgan fingerprint density at radius 1 is 1.38 bits per heavy atom. The van der Waals surface area contributed by atoms with Crippen molar-refractivity contribution in [3.63, 3.8) is 0 Å². The number of halogens is 1. The van der Waals surface area contributed by atoms with Crippen LogP contribution in [0.1, 0.15) is 15.9 Å². The molecule has 2 aromatic heterocycles. The van der Waals surface area contributed by atoms with E-state index in [9.17, 15) is 4.79 Å². The largest absolute Gasteiger partial charge is 0.305 e. The summed E-state index contributed by atoms with van der Waals surface area (Å²) in [7, 11) is 0. The van der Waals surface area contributed by atoms with Crippen LogP contribution < -0.4 is 5.32 Å². The molecule has 0 unspecified atom stereocenters. The van der Waals surface area contributed by atoms with Gasteiger partial charge in [0.15, 0.2) is 5.82 Å². The minimum absolute atomic E-state index is 0.157. The zero-order chi connectivity index (χ0) is 11.5. The summed E-state index contributed by atoms with van der Waals surface area (Å²) in [6.07, 6.45) is 3.04. The fourth-order valence-corrected chi connectivity index (χ4v) is 2.19. The first-order valence-electron chi connectivity index (χ1n) is 4.48. The van der Waals surface area contributed by atoms with Crippen molar-refractivity contribution in [1.29, 1.82) is 0 Å². The van der Waals surface area contributed by atoms with Gasteiger partial charge in [-0.1, -0.05) is 0 Å². The number of thiophene rings is 1. The molecule has 0 fully saturated rings. The first-order valence-corrected chi connectivity index (χ1v) is 6.22. The van der Waals surface area contributed by atoms with E-state index in [0.717, 1.165) is 5.56 Å². The quantitative estimate of drug-likeness (QED) is 0.927. The zero-order valence-corrected chi connectivity index (χ0v) is 10.8. The summed E-state index contributed by atoms with van der Waals surface area (Å²) in [6.45, 7) is 1.90. The molecule has 6 heteroatoms. The fraction of sp³-hybridized carbons (Fsp3) is 0.100. The monoisotopic (exact) mass is 297 g/mol. The lowest BCUT2D eigenvalue weighted by Gasteiger charge is -2.02. The topological polar surface area (TPSA) is 54.9 Å². The number of aryl methyl sites for hydroxylation is 1. The number of nitrogens with one attached hydrogen (secondary N) is 1. The average Bonchev–Trinajstić information content (AvgIpc) is 2.68. The fourth-order valence-electron chi connectivity index (χ4n) is 1.15. The van der Waals surface area contributed by atoms with Gasteiger partial charge in [-0.2, -0.15) is 11.3 Å². The molecule has 0 aliphatic carbocycles. The van der Waals surface area contributed by atoms with Gasteiger partial charge in [-0.15, -0.1) is 0 Å². The maximum Gasteiger partial charge on any atom is 0.257 e. The van der Waals surface area contributed by atoms with Crippen molar-refractivity contribution in [3.8, 4) is 0 Å². The van der Waals surface area contributed by atoms with E-state index in [4.69, 9.17) is 0 Å². The highest BCUT2D eigenvalue weighted by atomic mass is 79.9. The van der Waals surface area contributed by atoms with Crippen LogP contribution in [0.5, 0.6) is 0 Å². The molecule has 0 atom stereocenters. The van der Waals surface area contributed by atoms with E-state index in [1.807, 2.05) is 17.7 Å². The molecule has 0 saturated heterocycles. The summed E-state index contributed by atoms with van der Waals surface area (Å²) in [6, 6.07) is 0. The van der Waals surface area contributed by atoms with Crippen molar-refractivity contribution in [1.82, 2.24) is 9.97 Å². The van der Waals surface area contributed by atoms with Gasteiger partial charge in [-0.25, -0.2) is 9.97 Å². The minimum Gasteiger partial charge on any atom is -0.305 e. The Labute approximate surface area is 105 Å². The molecule has 2 heterocycles. The van der Waals surface area contributed by atoms with Crippen molar-refractivity contribution in [2.24, 2.45) is 0 Å². The third kappa shape index (κ3) is 2.45. The second-order valence-electron chi connectivity index (χ2n) is 3.15. The Morgan fingerprint density at radius 2 is 2.19 bits per heavy atom. The molecule has 0 aliphatic rings. The maximum absolute atomic E-state index is 11.8. The van der Waals surface area contributed by atoms with Crippen molar-refractivity contribution in [2.45, 2.75) is 6.92 Å². The standard InChI is InChI=1S/C10H8BrN3OS/c1-6-4-16-5-7(6)10(15)14-9-3-12-8(11)2-13-9/h2-5H,1H3,(H,13,14,15). The summed E-state index contributed by atoms with van der Waals surface area (Å²) in [5, 5.41) is 6.43. The number of amides is 1. The van der Waals surface area contributed by atoms with Crippen LogP contribution >= 0.6 is 27.3 Å². The van der Waals surface area contributed by atoms with Crippen LogP contribution in [-0.2, 0) is 0 Å². The van der Waals surface area contributed by atoms with Crippen molar-refractivity contribution in [3.05, 3.63) is 38.9 Å². The van der Waals surface area contributed by atoms with Gasteiger partial charge in [-0.3, -0.25) is 4.79 Å². The van der Waals surface area contributed by atoms with E-state index in [2.05, 4.69) is 31.2 Å². The molecule has 4 nitrogen and oxygen atoms in total. The van der Waals surface area contributed by atoms with Crippen LogP contribution in [0.25, 0.3) is 0 Å². The second kappa shape index (κ2) is 4.71. The van der Waals surface area contributed by atoms with Crippen LogP contribution in [-0.4, -0.2) is 15.9 Å². The van der Waals surface area contributed by atoms with Crippen molar-refractivity contribution < 1.29 is 4.79 Å². The van der Waals surface area contributed by atoms with Crippen LogP contribution in [0.2, 0.25) is 0 Å². The SMILES string of the molecule is Cc1cscc1C(=O)Nc1cnc(Br)cn1. The number of carbonyl (C=O) groups is 1. The van der Waals surface area contributed by atoms with Gasteiger partial charge < -0.3 is 5.32 Å². The summed E-state index contributed by atoms with van der Waals surface area (Å²) >= 11 is 4.68. The average molecular weight is 298 g/mol. The maximum atomic E-state index is 11.8. The Morgan fingerprint density at radius 3 is 2.75 bits per heavy atom. The Balaban J connectivity index is 2.14. The third-order valence-corrected chi connectivity index (χ3v) is 3.23. The number of anilines is 1. The van der Waals surface area contributed by atoms with Gasteiger partial charge >= 0.3 is 0 Å². The van der Waals surface area contributed by atoms with E-state index in [-0.39, 0.29) is 5.91 Å².